The molecular formula is C16H21NO4. The Labute approximate surface area is 124 Å². The standard InChI is InChI=1S/C16H21NO4/c1-4-19-15-9-12-13(10-16(15)20-5-2)17-11(3)8-14(12)21-7-6-18/h8-10,18H,4-7H2,1-3H3. The maximum Gasteiger partial charge on any atom is 0.163 e. The first-order valence-corrected chi connectivity index (χ1v) is 7.14. The topological polar surface area (TPSA) is 60.8 Å². The van der Waals surface area contributed by atoms with Gasteiger partial charge in [0.15, 0.2) is 11.5 Å². The average Bonchev–Trinajstić information content (AvgIpc) is 2.46. The molecule has 5 heteroatoms. The summed E-state index contributed by atoms with van der Waals surface area (Å²) in [4.78, 5) is 4.51. The number of benzene rings is 1. The maximum absolute atomic E-state index is 8.94. The van der Waals surface area contributed by atoms with Gasteiger partial charge in [0.05, 0.1) is 25.3 Å². The molecule has 0 aliphatic rings. The Kier molecular flexibility index (Phi) is 5.22. The predicted octanol–water partition coefficient (Wildman–Crippen LogP) is 2.71. The second-order valence-corrected chi connectivity index (χ2v) is 4.52. The van der Waals surface area contributed by atoms with Crippen LogP contribution in [0.25, 0.3) is 10.9 Å². The van der Waals surface area contributed by atoms with Gasteiger partial charge in [-0.1, -0.05) is 0 Å². The van der Waals surface area contributed by atoms with Crippen molar-refractivity contribution < 1.29 is 19.3 Å². The number of hydrogen-bond donors (Lipinski definition) is 1. The van der Waals surface area contributed by atoms with Gasteiger partial charge in [0.2, 0.25) is 0 Å². The summed E-state index contributed by atoms with van der Waals surface area (Å²) in [5.74, 6) is 2.04. The second kappa shape index (κ2) is 7.13. The highest BCUT2D eigenvalue weighted by Gasteiger charge is 2.12. The maximum atomic E-state index is 8.94. The lowest BCUT2D eigenvalue weighted by molar-refractivity contribution is 0.202. The van der Waals surface area contributed by atoms with E-state index in [9.17, 15) is 0 Å². The summed E-state index contributed by atoms with van der Waals surface area (Å²) in [7, 11) is 0. The fourth-order valence-corrected chi connectivity index (χ4v) is 2.14. The lowest BCUT2D eigenvalue weighted by Crippen LogP contribution is -2.04. The quantitative estimate of drug-likeness (QED) is 0.850. The van der Waals surface area contributed by atoms with Crippen LogP contribution in [0.3, 0.4) is 0 Å². The van der Waals surface area contributed by atoms with Crippen molar-refractivity contribution in [2.75, 3.05) is 26.4 Å². The van der Waals surface area contributed by atoms with Gasteiger partial charge in [0.25, 0.3) is 0 Å². The first-order chi connectivity index (χ1) is 10.2. The second-order valence-electron chi connectivity index (χ2n) is 4.52. The summed E-state index contributed by atoms with van der Waals surface area (Å²) < 4.78 is 16.8. The fraction of sp³-hybridized carbons (Fsp3) is 0.438. The zero-order valence-corrected chi connectivity index (χ0v) is 12.7. The number of hydrogen-bond acceptors (Lipinski definition) is 5. The van der Waals surface area contributed by atoms with Crippen LogP contribution in [0.4, 0.5) is 0 Å². The molecule has 0 atom stereocenters. The van der Waals surface area contributed by atoms with Crippen molar-refractivity contribution in [3.63, 3.8) is 0 Å². The number of rotatable bonds is 7. The van der Waals surface area contributed by atoms with E-state index in [0.717, 1.165) is 16.6 Å². The number of nitrogens with zero attached hydrogens (tertiary/aromatic N) is 1. The summed E-state index contributed by atoms with van der Waals surface area (Å²) in [6.45, 7) is 7.09. The summed E-state index contributed by atoms with van der Waals surface area (Å²) in [5.41, 5.74) is 1.64. The van der Waals surface area contributed by atoms with Crippen LogP contribution in [-0.4, -0.2) is 36.5 Å². The zero-order valence-electron chi connectivity index (χ0n) is 12.7. The van der Waals surface area contributed by atoms with Gasteiger partial charge in [-0.2, -0.15) is 0 Å². The molecule has 0 amide bonds. The van der Waals surface area contributed by atoms with E-state index in [4.69, 9.17) is 19.3 Å². The summed E-state index contributed by atoms with van der Waals surface area (Å²) in [5, 5.41) is 9.78. The fourth-order valence-electron chi connectivity index (χ4n) is 2.14. The average molecular weight is 291 g/mol. The number of aliphatic hydroxyl groups is 1. The third kappa shape index (κ3) is 3.55. The molecule has 0 unspecified atom stereocenters. The van der Waals surface area contributed by atoms with E-state index in [1.165, 1.54) is 0 Å². The number of aromatic nitrogens is 1. The Hall–Kier alpha value is -2.01. The van der Waals surface area contributed by atoms with Crippen molar-refractivity contribution in [3.05, 3.63) is 23.9 Å². The van der Waals surface area contributed by atoms with Gasteiger partial charge in [-0.3, -0.25) is 4.98 Å². The minimum atomic E-state index is -0.0296. The number of fused-ring (bicyclic) bond motifs is 1. The van der Waals surface area contributed by atoms with Crippen LogP contribution < -0.4 is 14.2 Å². The smallest absolute Gasteiger partial charge is 0.163 e. The van der Waals surface area contributed by atoms with E-state index in [0.29, 0.717) is 30.5 Å². The molecule has 21 heavy (non-hydrogen) atoms. The van der Waals surface area contributed by atoms with Crippen LogP contribution >= 0.6 is 0 Å². The summed E-state index contributed by atoms with van der Waals surface area (Å²) in [6.07, 6.45) is 0. The van der Waals surface area contributed by atoms with Gasteiger partial charge in [-0.15, -0.1) is 0 Å². The third-order valence-corrected chi connectivity index (χ3v) is 2.91. The molecule has 0 bridgehead atoms. The Morgan fingerprint density at radius 1 is 0.952 bits per heavy atom. The first kappa shape index (κ1) is 15.4. The van der Waals surface area contributed by atoms with Crippen molar-refractivity contribution in [2.24, 2.45) is 0 Å². The molecule has 0 spiro atoms. The van der Waals surface area contributed by atoms with Gasteiger partial charge in [0.1, 0.15) is 12.4 Å². The lowest BCUT2D eigenvalue weighted by Gasteiger charge is -2.14. The van der Waals surface area contributed by atoms with Crippen LogP contribution in [0.1, 0.15) is 19.5 Å². The number of aryl methyl sites for hydroxylation is 1. The predicted molar refractivity (Wildman–Crippen MR) is 81.4 cm³/mol. The van der Waals surface area contributed by atoms with Crippen molar-refractivity contribution in [1.82, 2.24) is 4.98 Å². The zero-order chi connectivity index (χ0) is 15.2. The SMILES string of the molecule is CCOc1cc2nc(C)cc(OCCO)c2cc1OCC. The first-order valence-electron chi connectivity index (χ1n) is 7.14. The molecule has 114 valence electrons. The molecule has 0 saturated heterocycles. The van der Waals surface area contributed by atoms with Crippen LogP contribution in [0.15, 0.2) is 18.2 Å². The summed E-state index contributed by atoms with van der Waals surface area (Å²) >= 11 is 0. The molecule has 0 saturated carbocycles. The van der Waals surface area contributed by atoms with E-state index >= 15 is 0 Å². The molecule has 2 rings (SSSR count). The van der Waals surface area contributed by atoms with E-state index in [2.05, 4.69) is 4.98 Å². The van der Waals surface area contributed by atoms with Crippen molar-refractivity contribution in [1.29, 1.82) is 0 Å². The largest absolute Gasteiger partial charge is 0.490 e. The Morgan fingerprint density at radius 2 is 1.62 bits per heavy atom. The molecule has 5 nitrogen and oxygen atoms in total. The minimum absolute atomic E-state index is 0.0296. The highest BCUT2D eigenvalue weighted by Crippen LogP contribution is 2.36. The van der Waals surface area contributed by atoms with Crippen LogP contribution in [0.2, 0.25) is 0 Å². The van der Waals surface area contributed by atoms with Gasteiger partial charge < -0.3 is 19.3 Å². The highest BCUT2D eigenvalue weighted by atomic mass is 16.5. The van der Waals surface area contributed by atoms with Crippen molar-refractivity contribution in [2.45, 2.75) is 20.8 Å². The molecule has 1 N–H and O–H groups in total. The normalized spacial score (nSPS) is 10.7. The van der Waals surface area contributed by atoms with E-state index in [1.807, 2.05) is 39.0 Å². The molecule has 0 aliphatic carbocycles. The van der Waals surface area contributed by atoms with Gasteiger partial charge in [-0.05, 0) is 26.8 Å². The third-order valence-electron chi connectivity index (χ3n) is 2.91. The van der Waals surface area contributed by atoms with Gasteiger partial charge >= 0.3 is 0 Å². The monoisotopic (exact) mass is 291 g/mol. The van der Waals surface area contributed by atoms with E-state index in [1.54, 1.807) is 0 Å². The highest BCUT2D eigenvalue weighted by molar-refractivity contribution is 5.88. The Balaban J connectivity index is 2.56. The molecule has 0 fully saturated rings. The Bertz CT molecular complexity index is 613. The van der Waals surface area contributed by atoms with Crippen molar-refractivity contribution in [3.8, 4) is 17.2 Å². The van der Waals surface area contributed by atoms with Gasteiger partial charge in [0, 0.05) is 23.2 Å². The number of pyridine rings is 1. The molecule has 0 radical (unpaired) electrons. The van der Waals surface area contributed by atoms with E-state index in [-0.39, 0.29) is 13.2 Å². The van der Waals surface area contributed by atoms with Crippen LogP contribution in [-0.2, 0) is 0 Å². The Morgan fingerprint density at radius 3 is 2.24 bits per heavy atom. The summed E-state index contributed by atoms with van der Waals surface area (Å²) in [6, 6.07) is 5.60. The molecule has 0 aliphatic heterocycles. The van der Waals surface area contributed by atoms with Crippen molar-refractivity contribution >= 4 is 10.9 Å². The molecule has 1 aromatic carbocycles. The molecular weight excluding hydrogens is 270 g/mol. The van der Waals surface area contributed by atoms with E-state index < -0.39 is 0 Å². The minimum Gasteiger partial charge on any atom is -0.490 e. The van der Waals surface area contributed by atoms with Crippen LogP contribution in [0.5, 0.6) is 17.2 Å². The molecule has 1 heterocycles. The van der Waals surface area contributed by atoms with Gasteiger partial charge in [-0.25, -0.2) is 0 Å². The molecule has 2 aromatic rings. The number of ether oxygens (including phenoxy) is 3. The lowest BCUT2D eigenvalue weighted by atomic mass is 10.1. The molecule has 1 aromatic heterocycles. The number of aliphatic hydroxyl groups excluding tert-OH is 1. The van der Waals surface area contributed by atoms with Crippen LogP contribution in [0, 0.1) is 6.92 Å².